The van der Waals surface area contributed by atoms with Crippen LogP contribution < -0.4 is 10.5 Å². The Bertz CT molecular complexity index is 636. The van der Waals surface area contributed by atoms with Gasteiger partial charge < -0.3 is 10.8 Å². The number of benzene rings is 1. The van der Waals surface area contributed by atoms with E-state index in [0.717, 1.165) is 19.3 Å². The lowest BCUT2D eigenvalue weighted by molar-refractivity contribution is 0.0692. The smallest absolute Gasteiger partial charge is 0.337 e. The molecule has 1 aromatic carbocycles. The molecule has 0 unspecified atom stereocenters. The molecule has 1 aliphatic rings. The fourth-order valence-corrected chi connectivity index (χ4v) is 3.48. The average molecular weight is 298 g/mol. The largest absolute Gasteiger partial charge is 0.478 e. The summed E-state index contributed by atoms with van der Waals surface area (Å²) in [4.78, 5) is 10.8. The molecule has 0 bridgehead atoms. The van der Waals surface area contributed by atoms with Crippen LogP contribution in [-0.2, 0) is 10.0 Å². The van der Waals surface area contributed by atoms with Gasteiger partial charge in [0.05, 0.1) is 10.5 Å². The van der Waals surface area contributed by atoms with Crippen LogP contribution in [0.3, 0.4) is 0 Å². The van der Waals surface area contributed by atoms with Gasteiger partial charge in [0, 0.05) is 12.2 Å². The van der Waals surface area contributed by atoms with Crippen molar-refractivity contribution in [3.05, 3.63) is 23.8 Å². The quantitative estimate of drug-likeness (QED) is 0.688. The number of carboxylic acids is 1. The SMILES string of the molecule is CCC1(CNS(=O)(=O)c2cc(N)ccc2C(=O)O)CC1. The van der Waals surface area contributed by atoms with Crippen LogP contribution in [-0.4, -0.2) is 26.0 Å². The Morgan fingerprint density at radius 3 is 2.60 bits per heavy atom. The molecule has 0 spiro atoms. The van der Waals surface area contributed by atoms with Gasteiger partial charge in [0.1, 0.15) is 0 Å². The molecular weight excluding hydrogens is 280 g/mol. The van der Waals surface area contributed by atoms with Gasteiger partial charge in [-0.2, -0.15) is 0 Å². The van der Waals surface area contributed by atoms with Crippen LogP contribution in [0.1, 0.15) is 36.5 Å². The minimum absolute atomic E-state index is 0.0385. The summed E-state index contributed by atoms with van der Waals surface area (Å²) in [6, 6.07) is 3.76. The van der Waals surface area contributed by atoms with Gasteiger partial charge in [-0.15, -0.1) is 0 Å². The summed E-state index contributed by atoms with van der Waals surface area (Å²) in [5.41, 5.74) is 5.54. The van der Waals surface area contributed by atoms with E-state index in [0.29, 0.717) is 6.54 Å². The normalized spacial score (nSPS) is 16.9. The van der Waals surface area contributed by atoms with Crippen LogP contribution in [0, 0.1) is 5.41 Å². The predicted molar refractivity (Wildman–Crippen MR) is 75.0 cm³/mol. The molecule has 20 heavy (non-hydrogen) atoms. The highest BCUT2D eigenvalue weighted by Gasteiger charge is 2.41. The van der Waals surface area contributed by atoms with Crippen LogP contribution >= 0.6 is 0 Å². The maximum Gasteiger partial charge on any atom is 0.337 e. The molecule has 110 valence electrons. The third-order valence-corrected chi connectivity index (χ3v) is 5.31. The average Bonchev–Trinajstić information content (AvgIpc) is 3.17. The molecule has 0 heterocycles. The number of aromatic carboxylic acids is 1. The van der Waals surface area contributed by atoms with Crippen molar-refractivity contribution in [2.75, 3.05) is 12.3 Å². The minimum Gasteiger partial charge on any atom is -0.478 e. The zero-order valence-corrected chi connectivity index (χ0v) is 12.0. The Balaban J connectivity index is 2.29. The van der Waals surface area contributed by atoms with Crippen LogP contribution in [0.25, 0.3) is 0 Å². The molecule has 0 saturated heterocycles. The Hall–Kier alpha value is -1.60. The Morgan fingerprint density at radius 2 is 2.10 bits per heavy atom. The summed E-state index contributed by atoms with van der Waals surface area (Å²) in [5, 5.41) is 9.07. The van der Waals surface area contributed by atoms with Crippen LogP contribution in [0.4, 0.5) is 5.69 Å². The number of nitrogens with one attached hydrogen (secondary N) is 1. The summed E-state index contributed by atoms with van der Waals surface area (Å²) in [6.07, 6.45) is 2.89. The predicted octanol–water partition coefficient (Wildman–Crippen LogP) is 1.44. The summed E-state index contributed by atoms with van der Waals surface area (Å²) < 4.78 is 27.0. The van der Waals surface area contributed by atoms with Crippen molar-refractivity contribution in [2.24, 2.45) is 5.41 Å². The Kier molecular flexibility index (Phi) is 3.75. The summed E-state index contributed by atoms with van der Waals surface area (Å²) in [6.45, 7) is 2.35. The molecule has 7 heteroatoms. The van der Waals surface area contributed by atoms with Gasteiger partial charge in [-0.1, -0.05) is 6.92 Å². The number of nitrogen functional groups attached to an aromatic ring is 1. The van der Waals surface area contributed by atoms with Crippen molar-refractivity contribution in [1.82, 2.24) is 4.72 Å². The van der Waals surface area contributed by atoms with E-state index in [-0.39, 0.29) is 21.6 Å². The number of anilines is 1. The molecule has 0 atom stereocenters. The van der Waals surface area contributed by atoms with E-state index >= 15 is 0 Å². The standard InChI is InChI=1S/C13H18N2O4S/c1-2-13(5-6-13)8-15-20(18,19)11-7-9(14)3-4-10(11)12(16)17/h3-4,7,15H,2,5-6,8,14H2,1H3,(H,16,17). The highest BCUT2D eigenvalue weighted by molar-refractivity contribution is 7.89. The highest BCUT2D eigenvalue weighted by Crippen LogP contribution is 2.48. The van der Waals surface area contributed by atoms with E-state index in [4.69, 9.17) is 10.8 Å². The molecular formula is C13H18N2O4S. The number of nitrogens with two attached hydrogens (primary N) is 1. The van der Waals surface area contributed by atoms with Gasteiger partial charge in [0.2, 0.25) is 10.0 Å². The van der Waals surface area contributed by atoms with Crippen molar-refractivity contribution in [2.45, 2.75) is 31.1 Å². The molecule has 0 amide bonds. The number of carboxylic acid groups (broad SMARTS) is 1. The Labute approximate surface area is 118 Å². The maximum atomic E-state index is 12.3. The number of carbonyl (C=O) groups is 1. The van der Waals surface area contributed by atoms with E-state index in [1.165, 1.54) is 18.2 Å². The second kappa shape index (κ2) is 5.06. The monoisotopic (exact) mass is 298 g/mol. The highest BCUT2D eigenvalue weighted by atomic mass is 32.2. The summed E-state index contributed by atoms with van der Waals surface area (Å²) in [7, 11) is -3.87. The molecule has 1 aromatic rings. The van der Waals surface area contributed by atoms with E-state index in [9.17, 15) is 13.2 Å². The second-order valence-electron chi connectivity index (χ2n) is 5.24. The van der Waals surface area contributed by atoms with Crippen LogP contribution in [0.5, 0.6) is 0 Å². The molecule has 2 rings (SSSR count). The zero-order chi connectivity index (χ0) is 15.0. The van der Waals surface area contributed by atoms with Crippen molar-refractivity contribution >= 4 is 21.7 Å². The first-order valence-corrected chi connectivity index (χ1v) is 7.90. The lowest BCUT2D eigenvalue weighted by atomic mass is 10.1. The van der Waals surface area contributed by atoms with Crippen LogP contribution in [0.2, 0.25) is 0 Å². The van der Waals surface area contributed by atoms with Gasteiger partial charge in [-0.25, -0.2) is 17.9 Å². The van der Waals surface area contributed by atoms with Crippen LogP contribution in [0.15, 0.2) is 23.1 Å². The van der Waals surface area contributed by atoms with Crippen molar-refractivity contribution in [3.63, 3.8) is 0 Å². The number of hydrogen-bond donors (Lipinski definition) is 3. The lowest BCUT2D eigenvalue weighted by Crippen LogP contribution is -2.31. The van der Waals surface area contributed by atoms with Gasteiger partial charge in [0.15, 0.2) is 0 Å². The van der Waals surface area contributed by atoms with Gasteiger partial charge >= 0.3 is 5.97 Å². The molecule has 4 N–H and O–H groups in total. The maximum absolute atomic E-state index is 12.3. The first kappa shape index (κ1) is 14.8. The molecule has 0 aromatic heterocycles. The Morgan fingerprint density at radius 1 is 1.45 bits per heavy atom. The fourth-order valence-electron chi connectivity index (χ4n) is 2.10. The third kappa shape index (κ3) is 2.94. The van der Waals surface area contributed by atoms with Gasteiger partial charge in [-0.3, -0.25) is 0 Å². The molecule has 1 saturated carbocycles. The van der Waals surface area contributed by atoms with E-state index < -0.39 is 16.0 Å². The van der Waals surface area contributed by atoms with E-state index in [2.05, 4.69) is 4.72 Å². The third-order valence-electron chi connectivity index (χ3n) is 3.87. The first-order valence-electron chi connectivity index (χ1n) is 6.42. The number of rotatable bonds is 6. The summed E-state index contributed by atoms with van der Waals surface area (Å²) >= 11 is 0. The molecule has 0 aliphatic heterocycles. The zero-order valence-electron chi connectivity index (χ0n) is 11.2. The van der Waals surface area contributed by atoms with Gasteiger partial charge in [-0.05, 0) is 42.9 Å². The molecule has 6 nitrogen and oxygen atoms in total. The lowest BCUT2D eigenvalue weighted by Gasteiger charge is -2.15. The first-order chi connectivity index (χ1) is 9.30. The van der Waals surface area contributed by atoms with Crippen molar-refractivity contribution in [1.29, 1.82) is 0 Å². The van der Waals surface area contributed by atoms with Crippen molar-refractivity contribution < 1.29 is 18.3 Å². The number of hydrogen-bond acceptors (Lipinski definition) is 4. The molecule has 1 fully saturated rings. The van der Waals surface area contributed by atoms with Crippen molar-refractivity contribution in [3.8, 4) is 0 Å². The van der Waals surface area contributed by atoms with E-state index in [1.807, 2.05) is 6.92 Å². The minimum atomic E-state index is -3.87. The fraction of sp³-hybridized carbons (Fsp3) is 0.462. The number of sulfonamides is 1. The summed E-state index contributed by atoms with van der Waals surface area (Å²) in [5.74, 6) is -1.29. The topological polar surface area (TPSA) is 109 Å². The van der Waals surface area contributed by atoms with E-state index in [1.54, 1.807) is 0 Å². The second-order valence-corrected chi connectivity index (χ2v) is 6.97. The van der Waals surface area contributed by atoms with Gasteiger partial charge in [0.25, 0.3) is 0 Å². The molecule has 1 aliphatic carbocycles. The molecule has 0 radical (unpaired) electrons.